The van der Waals surface area contributed by atoms with E-state index < -0.39 is 11.6 Å². The van der Waals surface area contributed by atoms with Crippen molar-refractivity contribution < 1.29 is 13.9 Å². The summed E-state index contributed by atoms with van der Waals surface area (Å²) in [5.74, 6) is -1.58. The van der Waals surface area contributed by atoms with Gasteiger partial charge in [0.1, 0.15) is 5.69 Å². The predicted molar refractivity (Wildman–Crippen MR) is 60.6 cm³/mol. The maximum absolute atomic E-state index is 13.7. The van der Waals surface area contributed by atoms with Crippen LogP contribution < -0.4 is 4.90 Å². The Kier molecular flexibility index (Phi) is 4.41. The molecule has 0 aliphatic rings. The standard InChI is InChI=1S/C12H14F2N2O/c1-8(2)16(3-4-17)12-10(13)5-9(7-15)6-11(12)14/h5-6,8,17H,3-4H2,1-2H3. The highest BCUT2D eigenvalue weighted by Crippen LogP contribution is 2.26. The van der Waals surface area contributed by atoms with Crippen molar-refractivity contribution in [1.29, 1.82) is 5.26 Å². The van der Waals surface area contributed by atoms with Crippen LogP contribution in [0.3, 0.4) is 0 Å². The molecule has 0 aliphatic carbocycles. The van der Waals surface area contributed by atoms with Gasteiger partial charge in [0.15, 0.2) is 11.6 Å². The van der Waals surface area contributed by atoms with Crippen molar-refractivity contribution in [3.63, 3.8) is 0 Å². The quantitative estimate of drug-likeness (QED) is 0.876. The maximum Gasteiger partial charge on any atom is 0.150 e. The molecular weight excluding hydrogens is 226 g/mol. The van der Waals surface area contributed by atoms with Crippen molar-refractivity contribution in [2.75, 3.05) is 18.1 Å². The Morgan fingerprint density at radius 1 is 1.35 bits per heavy atom. The fourth-order valence-corrected chi connectivity index (χ4v) is 1.64. The highest BCUT2D eigenvalue weighted by atomic mass is 19.1. The van der Waals surface area contributed by atoms with E-state index in [0.717, 1.165) is 12.1 Å². The van der Waals surface area contributed by atoms with Crippen LogP contribution in [0.2, 0.25) is 0 Å². The molecule has 0 amide bonds. The molecule has 0 heterocycles. The van der Waals surface area contributed by atoms with Crippen LogP contribution in [0, 0.1) is 23.0 Å². The molecule has 0 aliphatic heterocycles. The fraction of sp³-hybridized carbons (Fsp3) is 0.417. The van der Waals surface area contributed by atoms with E-state index >= 15 is 0 Å². The van der Waals surface area contributed by atoms with Gasteiger partial charge in [-0.05, 0) is 26.0 Å². The van der Waals surface area contributed by atoms with Crippen LogP contribution in [0.1, 0.15) is 19.4 Å². The lowest BCUT2D eigenvalue weighted by atomic mass is 10.1. The van der Waals surface area contributed by atoms with Crippen LogP contribution in [0.5, 0.6) is 0 Å². The predicted octanol–water partition coefficient (Wildman–Crippen LogP) is 2.04. The zero-order chi connectivity index (χ0) is 13.0. The van der Waals surface area contributed by atoms with Crippen LogP contribution >= 0.6 is 0 Å². The Hall–Kier alpha value is -1.67. The molecule has 1 N–H and O–H groups in total. The van der Waals surface area contributed by atoms with Gasteiger partial charge >= 0.3 is 0 Å². The highest BCUT2D eigenvalue weighted by molar-refractivity contribution is 5.53. The number of hydrogen-bond donors (Lipinski definition) is 1. The van der Waals surface area contributed by atoms with Crippen molar-refractivity contribution in [3.8, 4) is 6.07 Å². The van der Waals surface area contributed by atoms with Crippen molar-refractivity contribution in [2.24, 2.45) is 0 Å². The monoisotopic (exact) mass is 240 g/mol. The molecule has 1 rings (SSSR count). The minimum absolute atomic E-state index is 0.0588. The zero-order valence-corrected chi connectivity index (χ0v) is 9.74. The number of aliphatic hydroxyl groups excluding tert-OH is 1. The van der Waals surface area contributed by atoms with Crippen LogP contribution in [0.25, 0.3) is 0 Å². The van der Waals surface area contributed by atoms with E-state index in [2.05, 4.69) is 0 Å². The van der Waals surface area contributed by atoms with E-state index in [9.17, 15) is 8.78 Å². The molecule has 0 atom stereocenters. The molecule has 0 saturated carbocycles. The molecule has 0 unspecified atom stereocenters. The Balaban J connectivity index is 3.24. The Morgan fingerprint density at radius 2 is 1.88 bits per heavy atom. The molecule has 1 aromatic carbocycles. The molecule has 92 valence electrons. The number of benzene rings is 1. The third kappa shape index (κ3) is 2.92. The van der Waals surface area contributed by atoms with E-state index in [4.69, 9.17) is 10.4 Å². The number of nitriles is 1. The van der Waals surface area contributed by atoms with Gasteiger partial charge in [0.2, 0.25) is 0 Å². The second-order valence-corrected chi connectivity index (χ2v) is 3.91. The molecule has 0 aromatic heterocycles. The average molecular weight is 240 g/mol. The average Bonchev–Trinajstić information content (AvgIpc) is 2.26. The van der Waals surface area contributed by atoms with Gasteiger partial charge in [-0.15, -0.1) is 0 Å². The number of nitrogens with zero attached hydrogens (tertiary/aromatic N) is 2. The van der Waals surface area contributed by atoms with Gasteiger partial charge in [0.05, 0.1) is 18.2 Å². The Labute approximate surface area is 98.9 Å². The summed E-state index contributed by atoms with van der Waals surface area (Å²) in [6.45, 7) is 3.48. The summed E-state index contributed by atoms with van der Waals surface area (Å²) in [6.07, 6.45) is 0. The molecular formula is C12H14F2N2O. The van der Waals surface area contributed by atoms with Crippen LogP contribution in [-0.2, 0) is 0 Å². The molecule has 1 aromatic rings. The van der Waals surface area contributed by atoms with Crippen molar-refractivity contribution >= 4 is 5.69 Å². The summed E-state index contributed by atoms with van der Waals surface area (Å²) in [6, 6.07) is 3.52. The first-order chi connectivity index (χ1) is 8.01. The third-order valence-corrected chi connectivity index (χ3v) is 2.40. The van der Waals surface area contributed by atoms with Crippen molar-refractivity contribution in [3.05, 3.63) is 29.3 Å². The second-order valence-electron chi connectivity index (χ2n) is 3.91. The summed E-state index contributed by atoms with van der Waals surface area (Å²) in [5.41, 5.74) is -0.260. The van der Waals surface area contributed by atoms with Crippen molar-refractivity contribution in [2.45, 2.75) is 19.9 Å². The van der Waals surface area contributed by atoms with Gasteiger partial charge in [-0.25, -0.2) is 8.78 Å². The lowest BCUT2D eigenvalue weighted by molar-refractivity contribution is 0.298. The number of halogens is 2. The third-order valence-electron chi connectivity index (χ3n) is 2.40. The summed E-state index contributed by atoms with van der Waals surface area (Å²) < 4.78 is 27.4. The molecule has 0 spiro atoms. The highest BCUT2D eigenvalue weighted by Gasteiger charge is 2.19. The van der Waals surface area contributed by atoms with Gasteiger partial charge in [-0.1, -0.05) is 0 Å². The minimum atomic E-state index is -0.788. The summed E-state index contributed by atoms with van der Waals surface area (Å²) in [5, 5.41) is 17.5. The summed E-state index contributed by atoms with van der Waals surface area (Å²) in [7, 11) is 0. The zero-order valence-electron chi connectivity index (χ0n) is 9.74. The lowest BCUT2D eigenvalue weighted by Crippen LogP contribution is -2.35. The van der Waals surface area contributed by atoms with Crippen LogP contribution in [0.4, 0.5) is 14.5 Å². The molecule has 0 fully saturated rings. The van der Waals surface area contributed by atoms with E-state index in [1.165, 1.54) is 4.90 Å². The number of anilines is 1. The number of rotatable bonds is 4. The number of aliphatic hydroxyl groups is 1. The smallest absolute Gasteiger partial charge is 0.150 e. The fourth-order valence-electron chi connectivity index (χ4n) is 1.64. The second kappa shape index (κ2) is 5.60. The van der Waals surface area contributed by atoms with E-state index in [-0.39, 0.29) is 30.4 Å². The van der Waals surface area contributed by atoms with E-state index in [0.29, 0.717) is 0 Å². The van der Waals surface area contributed by atoms with E-state index in [1.54, 1.807) is 19.9 Å². The van der Waals surface area contributed by atoms with Gasteiger partial charge in [-0.3, -0.25) is 0 Å². The minimum Gasteiger partial charge on any atom is -0.395 e. The molecule has 0 bridgehead atoms. The Bertz CT molecular complexity index is 418. The largest absolute Gasteiger partial charge is 0.395 e. The normalized spacial score (nSPS) is 10.4. The van der Waals surface area contributed by atoms with Crippen LogP contribution in [-0.4, -0.2) is 24.3 Å². The number of hydrogen-bond acceptors (Lipinski definition) is 3. The molecule has 0 saturated heterocycles. The summed E-state index contributed by atoms with van der Waals surface area (Å²) in [4.78, 5) is 1.42. The first-order valence-electron chi connectivity index (χ1n) is 5.28. The van der Waals surface area contributed by atoms with Gasteiger partial charge < -0.3 is 10.0 Å². The topological polar surface area (TPSA) is 47.3 Å². The van der Waals surface area contributed by atoms with Gasteiger partial charge in [-0.2, -0.15) is 5.26 Å². The molecule has 17 heavy (non-hydrogen) atoms. The molecule has 0 radical (unpaired) electrons. The molecule has 3 nitrogen and oxygen atoms in total. The first kappa shape index (κ1) is 13.4. The Morgan fingerprint density at radius 3 is 2.24 bits per heavy atom. The van der Waals surface area contributed by atoms with E-state index in [1.807, 2.05) is 0 Å². The van der Waals surface area contributed by atoms with Gasteiger partial charge in [0.25, 0.3) is 0 Å². The molecule has 5 heteroatoms. The van der Waals surface area contributed by atoms with Crippen LogP contribution in [0.15, 0.2) is 12.1 Å². The van der Waals surface area contributed by atoms with Crippen molar-refractivity contribution in [1.82, 2.24) is 0 Å². The maximum atomic E-state index is 13.7. The SMILES string of the molecule is CC(C)N(CCO)c1c(F)cc(C#N)cc1F. The first-order valence-corrected chi connectivity index (χ1v) is 5.28. The lowest BCUT2D eigenvalue weighted by Gasteiger charge is -2.28. The van der Waals surface area contributed by atoms with Gasteiger partial charge in [0, 0.05) is 12.6 Å². The summed E-state index contributed by atoms with van der Waals surface area (Å²) >= 11 is 0.